The molecule has 10 heteroatoms. The first-order valence-corrected chi connectivity index (χ1v) is 13.6. The molecule has 1 N–H and O–H groups in total. The van der Waals surface area contributed by atoms with Crippen LogP contribution < -0.4 is 0 Å². The Morgan fingerprint density at radius 1 is 0.902 bits per heavy atom. The van der Waals surface area contributed by atoms with E-state index in [1.165, 1.54) is 9.80 Å². The minimum absolute atomic E-state index is 0. The number of imidazole rings is 1. The highest BCUT2D eigenvalue weighted by Crippen LogP contribution is 2.26. The van der Waals surface area contributed by atoms with Gasteiger partial charge in [0.05, 0.1) is 24.0 Å². The van der Waals surface area contributed by atoms with Crippen LogP contribution in [0.3, 0.4) is 0 Å². The first kappa shape index (κ1) is 31.3. The van der Waals surface area contributed by atoms with Gasteiger partial charge in [0.2, 0.25) is 0 Å². The Morgan fingerprint density at radius 2 is 1.59 bits per heavy atom. The zero-order valence-corrected chi connectivity index (χ0v) is 24.1. The van der Waals surface area contributed by atoms with Crippen LogP contribution in [-0.2, 0) is 17.8 Å². The van der Waals surface area contributed by atoms with Gasteiger partial charge in [-0.1, -0.05) is 69.2 Å². The number of rotatable bonds is 13. The first-order valence-electron chi connectivity index (χ1n) is 13.6. The third-order valence-corrected chi connectivity index (χ3v) is 6.90. The Kier molecular flexibility index (Phi) is 11.0. The van der Waals surface area contributed by atoms with Crippen molar-refractivity contribution < 1.29 is 24.3 Å². The Labute approximate surface area is 245 Å². The van der Waals surface area contributed by atoms with Gasteiger partial charge in [0.1, 0.15) is 11.5 Å². The number of carboxylic acids is 1. The van der Waals surface area contributed by atoms with E-state index in [1.54, 1.807) is 60.8 Å². The molecule has 2 aromatic carbocycles. The van der Waals surface area contributed by atoms with E-state index in [4.69, 9.17) is 0 Å². The van der Waals surface area contributed by atoms with Crippen LogP contribution in [0.25, 0.3) is 6.08 Å². The summed E-state index contributed by atoms with van der Waals surface area (Å²) >= 11 is 0. The summed E-state index contributed by atoms with van der Waals surface area (Å²) in [6.45, 7) is 4.51. The van der Waals surface area contributed by atoms with Gasteiger partial charge >= 0.3 is 12.0 Å². The molecule has 1 saturated heterocycles. The molecule has 3 amide bonds. The lowest BCUT2D eigenvalue weighted by molar-refractivity contribution is -0.123. The number of Topliss-reactive ketones (excluding diaryl/α,β-unsaturated/α-hetero) is 1. The number of aromatic carboxylic acids is 1. The quantitative estimate of drug-likeness (QED) is 0.159. The minimum Gasteiger partial charge on any atom is -0.478 e. The maximum atomic E-state index is 13.5. The van der Waals surface area contributed by atoms with E-state index < -0.39 is 17.9 Å². The molecule has 0 radical (unpaired) electrons. The number of urea groups is 1. The Balaban J connectivity index is 0.00000462. The smallest absolute Gasteiger partial charge is 0.335 e. The summed E-state index contributed by atoms with van der Waals surface area (Å²) in [6.07, 6.45) is 7.41. The summed E-state index contributed by atoms with van der Waals surface area (Å²) in [5.41, 5.74) is 2.29. The summed E-state index contributed by atoms with van der Waals surface area (Å²) in [6, 6.07) is 14.8. The number of aryl methyl sites for hydroxylation is 1. The maximum absolute atomic E-state index is 13.5. The monoisotopic (exact) mass is 578 g/mol. The number of nitrogens with zero attached hydrogens (tertiary/aromatic N) is 4. The van der Waals surface area contributed by atoms with Gasteiger partial charge in [-0.2, -0.15) is 0 Å². The number of carbonyl (C=O) groups is 4. The van der Waals surface area contributed by atoms with Gasteiger partial charge in [-0.05, 0) is 36.6 Å². The fourth-order valence-corrected chi connectivity index (χ4v) is 4.59. The van der Waals surface area contributed by atoms with Crippen molar-refractivity contribution in [2.75, 3.05) is 13.1 Å². The zero-order chi connectivity index (χ0) is 28.6. The Morgan fingerprint density at radius 3 is 2.22 bits per heavy atom. The molecular weight excluding hydrogens is 544 g/mol. The molecule has 1 aliphatic heterocycles. The van der Waals surface area contributed by atoms with E-state index in [2.05, 4.69) is 11.9 Å². The molecule has 0 aliphatic carbocycles. The average molecular weight is 579 g/mol. The first-order chi connectivity index (χ1) is 19.3. The van der Waals surface area contributed by atoms with Gasteiger partial charge in [0.25, 0.3) is 5.91 Å². The topological polar surface area (TPSA) is 113 Å². The SMILES string of the molecule is CCCCc1ncc(/C=C2/C(=O)N(CCCC)C(=O)N2CC(=O)c2ccccc2)n1Cc1ccc(C(=O)O)cc1.Cl. The van der Waals surface area contributed by atoms with Crippen LogP contribution in [0.1, 0.15) is 77.3 Å². The van der Waals surface area contributed by atoms with Gasteiger partial charge in [0.15, 0.2) is 5.78 Å². The van der Waals surface area contributed by atoms with Crippen molar-refractivity contribution in [2.24, 2.45) is 0 Å². The lowest BCUT2D eigenvalue weighted by Crippen LogP contribution is -2.36. The molecule has 2 heterocycles. The number of unbranched alkanes of at least 4 members (excludes halogenated alkanes) is 2. The van der Waals surface area contributed by atoms with Gasteiger partial charge in [0, 0.05) is 25.1 Å². The summed E-state index contributed by atoms with van der Waals surface area (Å²) in [7, 11) is 0. The summed E-state index contributed by atoms with van der Waals surface area (Å²) in [5.74, 6) is -0.874. The Hall–Kier alpha value is -4.24. The van der Waals surface area contributed by atoms with Crippen molar-refractivity contribution in [2.45, 2.75) is 52.5 Å². The summed E-state index contributed by atoms with van der Waals surface area (Å²) in [4.78, 5) is 58.3. The highest BCUT2D eigenvalue weighted by molar-refractivity contribution is 6.15. The average Bonchev–Trinajstić information content (AvgIpc) is 3.43. The number of benzene rings is 2. The number of carboxylic acid groups (broad SMARTS) is 1. The van der Waals surface area contributed by atoms with Gasteiger partial charge < -0.3 is 9.67 Å². The highest BCUT2D eigenvalue weighted by atomic mass is 35.5. The van der Waals surface area contributed by atoms with E-state index in [1.807, 2.05) is 17.6 Å². The number of halogens is 1. The number of hydrogen-bond acceptors (Lipinski definition) is 5. The second-order valence-electron chi connectivity index (χ2n) is 9.79. The van der Waals surface area contributed by atoms with E-state index in [9.17, 15) is 24.3 Å². The van der Waals surface area contributed by atoms with Crippen molar-refractivity contribution in [3.8, 4) is 0 Å². The van der Waals surface area contributed by atoms with Crippen LogP contribution in [0.15, 0.2) is 66.5 Å². The molecule has 0 saturated carbocycles. The van der Waals surface area contributed by atoms with Gasteiger partial charge in [-0.15, -0.1) is 12.4 Å². The maximum Gasteiger partial charge on any atom is 0.335 e. The lowest BCUT2D eigenvalue weighted by Gasteiger charge is -2.17. The third kappa shape index (κ3) is 7.29. The molecule has 41 heavy (non-hydrogen) atoms. The molecule has 0 bridgehead atoms. The fraction of sp³-hybridized carbons (Fsp3) is 0.323. The van der Waals surface area contributed by atoms with Crippen molar-refractivity contribution in [1.29, 1.82) is 0 Å². The molecule has 1 fully saturated rings. The predicted molar refractivity (Wildman–Crippen MR) is 158 cm³/mol. The van der Waals surface area contributed by atoms with E-state index >= 15 is 0 Å². The van der Waals surface area contributed by atoms with Crippen LogP contribution in [0.2, 0.25) is 0 Å². The molecule has 0 unspecified atom stereocenters. The second-order valence-corrected chi connectivity index (χ2v) is 9.79. The van der Waals surface area contributed by atoms with E-state index in [-0.39, 0.29) is 42.5 Å². The molecular formula is C31H35ClN4O5. The van der Waals surface area contributed by atoms with Crippen molar-refractivity contribution in [1.82, 2.24) is 19.4 Å². The van der Waals surface area contributed by atoms with Crippen LogP contribution in [0.5, 0.6) is 0 Å². The number of carbonyl (C=O) groups excluding carboxylic acids is 3. The predicted octanol–water partition coefficient (Wildman–Crippen LogP) is 5.68. The number of aromatic nitrogens is 2. The number of ketones is 1. The van der Waals surface area contributed by atoms with Crippen LogP contribution in [0.4, 0.5) is 4.79 Å². The second kappa shape index (κ2) is 14.4. The van der Waals surface area contributed by atoms with Crippen molar-refractivity contribution in [3.63, 3.8) is 0 Å². The number of hydrogen-bond donors (Lipinski definition) is 1. The fourth-order valence-electron chi connectivity index (χ4n) is 4.59. The molecule has 0 spiro atoms. The summed E-state index contributed by atoms with van der Waals surface area (Å²) in [5, 5.41) is 9.24. The van der Waals surface area contributed by atoms with Crippen LogP contribution in [0, 0.1) is 0 Å². The molecule has 1 aliphatic rings. The van der Waals surface area contributed by atoms with Gasteiger partial charge in [-0.3, -0.25) is 19.4 Å². The van der Waals surface area contributed by atoms with E-state index in [0.717, 1.165) is 37.1 Å². The van der Waals surface area contributed by atoms with Gasteiger partial charge in [-0.25, -0.2) is 14.6 Å². The molecule has 4 rings (SSSR count). The van der Waals surface area contributed by atoms with E-state index in [0.29, 0.717) is 24.2 Å². The minimum atomic E-state index is -0.995. The molecule has 9 nitrogen and oxygen atoms in total. The zero-order valence-electron chi connectivity index (χ0n) is 23.3. The van der Waals surface area contributed by atoms with Crippen LogP contribution >= 0.6 is 12.4 Å². The standard InChI is InChI=1S/C31H34N4O5.ClH/c1-3-5-12-28-32-19-25(34(28)20-22-13-15-24(16-14-22)30(38)39)18-26-29(37)33(17-6-4-2)31(40)35(26)21-27(36)23-10-8-7-9-11-23;/h7-11,13-16,18-19H,3-6,12,17,20-21H2,1-2H3,(H,38,39);1H/b26-18-;. The lowest BCUT2D eigenvalue weighted by atomic mass is 10.1. The Bertz CT molecular complexity index is 1420. The number of imide groups is 1. The molecule has 1 aromatic heterocycles. The summed E-state index contributed by atoms with van der Waals surface area (Å²) < 4.78 is 1.97. The number of amides is 3. The van der Waals surface area contributed by atoms with Crippen molar-refractivity contribution >= 4 is 42.2 Å². The van der Waals surface area contributed by atoms with Crippen LogP contribution in [-0.4, -0.2) is 61.2 Å². The third-order valence-electron chi connectivity index (χ3n) is 6.90. The molecule has 0 atom stereocenters. The largest absolute Gasteiger partial charge is 0.478 e. The molecule has 3 aromatic rings. The molecule has 216 valence electrons. The normalized spacial score (nSPS) is 14.0. The van der Waals surface area contributed by atoms with Crippen molar-refractivity contribution in [3.05, 3.63) is 94.7 Å². The highest BCUT2D eigenvalue weighted by Gasteiger charge is 2.41.